The number of hydrogen-bond acceptors (Lipinski definition) is 4. The molecule has 1 unspecified atom stereocenters. The van der Waals surface area contributed by atoms with Crippen molar-refractivity contribution in [2.24, 2.45) is 0 Å². The number of ketones is 1. The molecule has 0 aromatic carbocycles. The summed E-state index contributed by atoms with van der Waals surface area (Å²) in [6, 6.07) is -0.533. The van der Waals surface area contributed by atoms with Gasteiger partial charge in [0.15, 0.2) is 0 Å². The van der Waals surface area contributed by atoms with Crippen LogP contribution in [0.1, 0.15) is 34.1 Å². The highest BCUT2D eigenvalue weighted by atomic mass is 16.6. The van der Waals surface area contributed by atoms with Gasteiger partial charge in [0.1, 0.15) is 17.4 Å². The Kier molecular flexibility index (Phi) is 4.55. The van der Waals surface area contributed by atoms with Crippen LogP contribution in [0.5, 0.6) is 0 Å². The van der Waals surface area contributed by atoms with Crippen molar-refractivity contribution in [3.05, 3.63) is 0 Å². The van der Waals surface area contributed by atoms with Crippen molar-refractivity contribution >= 4 is 17.8 Å². The van der Waals surface area contributed by atoms with Gasteiger partial charge in [0.2, 0.25) is 5.91 Å². The summed E-state index contributed by atoms with van der Waals surface area (Å²) >= 11 is 0. The van der Waals surface area contributed by atoms with E-state index < -0.39 is 17.7 Å². The van der Waals surface area contributed by atoms with Crippen LogP contribution in [0, 0.1) is 0 Å². The van der Waals surface area contributed by atoms with E-state index in [1.54, 1.807) is 27.8 Å². The Morgan fingerprint density at radius 1 is 1.42 bits per heavy atom. The molecule has 0 radical (unpaired) electrons. The molecule has 108 valence electrons. The third-order valence-electron chi connectivity index (χ3n) is 2.83. The van der Waals surface area contributed by atoms with Gasteiger partial charge in [-0.2, -0.15) is 0 Å². The van der Waals surface area contributed by atoms with Crippen LogP contribution < -0.4 is 0 Å². The molecule has 1 saturated heterocycles. The average Bonchev–Trinajstić information content (AvgIpc) is 2.56. The lowest BCUT2D eigenvalue weighted by atomic mass is 10.2. The number of carbonyl (C=O) groups excluding carboxylic acids is 3. The quantitative estimate of drug-likeness (QED) is 0.768. The van der Waals surface area contributed by atoms with Gasteiger partial charge >= 0.3 is 6.09 Å². The minimum absolute atomic E-state index is 0.0612. The number of ether oxygens (including phenoxy) is 1. The standard InChI is InChI=1S/C13H22N2O4/c1-9(16)8-15-7-6-10(11(15)17)14(5)12(18)19-13(2,3)4/h10H,6-8H2,1-5H3. The van der Waals surface area contributed by atoms with E-state index in [0.29, 0.717) is 13.0 Å². The van der Waals surface area contributed by atoms with Gasteiger partial charge in [0.25, 0.3) is 0 Å². The maximum atomic E-state index is 12.1. The highest BCUT2D eigenvalue weighted by molar-refractivity contribution is 5.91. The van der Waals surface area contributed by atoms with Gasteiger partial charge in [0, 0.05) is 13.6 Å². The Morgan fingerprint density at radius 3 is 2.47 bits per heavy atom. The number of likely N-dealkylation sites (N-methyl/N-ethyl adjacent to an activating group) is 1. The predicted molar refractivity (Wildman–Crippen MR) is 69.7 cm³/mol. The number of amides is 2. The van der Waals surface area contributed by atoms with E-state index in [0.717, 1.165) is 0 Å². The van der Waals surface area contributed by atoms with E-state index in [4.69, 9.17) is 4.74 Å². The number of likely N-dealkylation sites (tertiary alicyclic amines) is 1. The summed E-state index contributed by atoms with van der Waals surface area (Å²) in [5.74, 6) is -0.252. The lowest BCUT2D eigenvalue weighted by Gasteiger charge is -2.27. The predicted octanol–water partition coefficient (Wildman–Crippen LogP) is 1.04. The van der Waals surface area contributed by atoms with Gasteiger partial charge in [0.05, 0.1) is 6.54 Å². The summed E-state index contributed by atoms with van der Waals surface area (Å²) in [5, 5.41) is 0. The number of carbonyl (C=O) groups is 3. The molecule has 1 heterocycles. The molecule has 1 fully saturated rings. The van der Waals surface area contributed by atoms with Crippen molar-refractivity contribution in [1.29, 1.82) is 0 Å². The third-order valence-corrected chi connectivity index (χ3v) is 2.83. The van der Waals surface area contributed by atoms with Crippen LogP contribution in [-0.4, -0.2) is 59.4 Å². The van der Waals surface area contributed by atoms with Gasteiger partial charge in [-0.1, -0.05) is 0 Å². The molecule has 1 aliphatic rings. The molecule has 19 heavy (non-hydrogen) atoms. The zero-order valence-corrected chi connectivity index (χ0v) is 12.2. The van der Waals surface area contributed by atoms with E-state index >= 15 is 0 Å². The normalized spacial score (nSPS) is 19.5. The zero-order chi connectivity index (χ0) is 14.8. The first-order chi connectivity index (χ1) is 8.61. The number of rotatable bonds is 3. The highest BCUT2D eigenvalue weighted by Gasteiger charge is 2.38. The minimum atomic E-state index is -0.591. The summed E-state index contributed by atoms with van der Waals surface area (Å²) < 4.78 is 5.23. The smallest absolute Gasteiger partial charge is 0.410 e. The molecule has 0 saturated carbocycles. The molecular formula is C13H22N2O4. The molecule has 6 heteroatoms. The van der Waals surface area contributed by atoms with Gasteiger partial charge in [-0.15, -0.1) is 0 Å². The van der Waals surface area contributed by atoms with E-state index in [1.165, 1.54) is 16.7 Å². The summed E-state index contributed by atoms with van der Waals surface area (Å²) in [7, 11) is 1.55. The van der Waals surface area contributed by atoms with Crippen LogP contribution in [-0.2, 0) is 14.3 Å². The molecule has 2 amide bonds. The van der Waals surface area contributed by atoms with E-state index in [-0.39, 0.29) is 18.2 Å². The van der Waals surface area contributed by atoms with E-state index in [1.807, 2.05) is 0 Å². The van der Waals surface area contributed by atoms with E-state index in [2.05, 4.69) is 0 Å². The summed E-state index contributed by atoms with van der Waals surface area (Å²) in [4.78, 5) is 37.8. The molecule has 6 nitrogen and oxygen atoms in total. The SMILES string of the molecule is CC(=O)CN1CCC(N(C)C(=O)OC(C)(C)C)C1=O. The summed E-state index contributed by atoms with van der Waals surface area (Å²) in [6.45, 7) is 7.37. The summed E-state index contributed by atoms with van der Waals surface area (Å²) in [6.07, 6.45) is 0.0116. The van der Waals surface area contributed by atoms with Crippen molar-refractivity contribution in [2.45, 2.75) is 45.8 Å². The van der Waals surface area contributed by atoms with Crippen LogP contribution in [0.4, 0.5) is 4.79 Å². The Bertz CT molecular complexity index is 387. The monoisotopic (exact) mass is 270 g/mol. The fourth-order valence-electron chi connectivity index (χ4n) is 1.97. The van der Waals surface area contributed by atoms with Gasteiger partial charge < -0.3 is 9.64 Å². The molecule has 1 aliphatic heterocycles. The van der Waals surface area contributed by atoms with Crippen molar-refractivity contribution < 1.29 is 19.1 Å². The Hall–Kier alpha value is -1.59. The lowest BCUT2D eigenvalue weighted by Crippen LogP contribution is -2.45. The first kappa shape index (κ1) is 15.5. The largest absolute Gasteiger partial charge is 0.444 e. The second kappa shape index (κ2) is 5.59. The van der Waals surface area contributed by atoms with Crippen LogP contribution >= 0.6 is 0 Å². The second-order valence-corrected chi connectivity index (χ2v) is 5.86. The highest BCUT2D eigenvalue weighted by Crippen LogP contribution is 2.18. The van der Waals surface area contributed by atoms with Crippen LogP contribution in [0.3, 0.4) is 0 Å². The van der Waals surface area contributed by atoms with Gasteiger partial charge in [-0.3, -0.25) is 14.5 Å². The second-order valence-electron chi connectivity index (χ2n) is 5.86. The molecule has 0 aromatic rings. The Labute approximate surface area is 113 Å². The first-order valence-corrected chi connectivity index (χ1v) is 6.36. The fraction of sp³-hybridized carbons (Fsp3) is 0.769. The Balaban J connectivity index is 2.64. The zero-order valence-electron chi connectivity index (χ0n) is 12.2. The molecule has 1 atom stereocenters. The van der Waals surface area contributed by atoms with Crippen molar-refractivity contribution in [3.63, 3.8) is 0 Å². The number of nitrogens with zero attached hydrogens (tertiary/aromatic N) is 2. The molecule has 0 aliphatic carbocycles. The van der Waals surface area contributed by atoms with Crippen LogP contribution in [0.25, 0.3) is 0 Å². The van der Waals surface area contributed by atoms with Crippen molar-refractivity contribution in [1.82, 2.24) is 9.80 Å². The number of hydrogen-bond donors (Lipinski definition) is 0. The lowest BCUT2D eigenvalue weighted by molar-refractivity contribution is -0.134. The molecule has 0 N–H and O–H groups in total. The van der Waals surface area contributed by atoms with Crippen molar-refractivity contribution in [2.75, 3.05) is 20.1 Å². The maximum Gasteiger partial charge on any atom is 0.410 e. The van der Waals surface area contributed by atoms with Crippen molar-refractivity contribution in [3.8, 4) is 0 Å². The fourth-order valence-corrected chi connectivity index (χ4v) is 1.97. The molecule has 0 spiro atoms. The third kappa shape index (κ3) is 4.22. The van der Waals surface area contributed by atoms with Crippen LogP contribution in [0.15, 0.2) is 0 Å². The molecule has 1 rings (SSSR count). The average molecular weight is 270 g/mol. The summed E-state index contributed by atoms with van der Waals surface area (Å²) in [5.41, 5.74) is -0.591. The minimum Gasteiger partial charge on any atom is -0.444 e. The van der Waals surface area contributed by atoms with Crippen LogP contribution in [0.2, 0.25) is 0 Å². The topological polar surface area (TPSA) is 66.9 Å². The number of Topliss-reactive ketones (excluding diaryl/α,β-unsaturated/α-hetero) is 1. The van der Waals surface area contributed by atoms with Gasteiger partial charge in [-0.25, -0.2) is 4.79 Å². The maximum absolute atomic E-state index is 12.1. The molecule has 0 bridgehead atoms. The Morgan fingerprint density at radius 2 is 2.00 bits per heavy atom. The first-order valence-electron chi connectivity index (χ1n) is 6.36. The molecule has 0 aromatic heterocycles. The molecular weight excluding hydrogens is 248 g/mol. The van der Waals surface area contributed by atoms with Gasteiger partial charge in [-0.05, 0) is 34.1 Å². The van der Waals surface area contributed by atoms with E-state index in [9.17, 15) is 14.4 Å².